The van der Waals surface area contributed by atoms with Crippen LogP contribution in [-0.2, 0) is 0 Å². The minimum absolute atomic E-state index is 0.281. The lowest BCUT2D eigenvalue weighted by atomic mass is 10.1. The van der Waals surface area contributed by atoms with Gasteiger partial charge in [-0.2, -0.15) is 0 Å². The predicted octanol–water partition coefficient (Wildman–Crippen LogP) is 1.96. The fourth-order valence-electron chi connectivity index (χ4n) is 2.25. The van der Waals surface area contributed by atoms with Gasteiger partial charge in [0, 0.05) is 24.8 Å². The molecule has 1 aromatic rings. The SMILES string of the molecule is Cc1ccnc(NC2CCCC2CO)c1. The van der Waals surface area contributed by atoms with E-state index < -0.39 is 0 Å². The van der Waals surface area contributed by atoms with E-state index in [2.05, 4.69) is 17.2 Å². The van der Waals surface area contributed by atoms with Gasteiger partial charge in [0.15, 0.2) is 0 Å². The van der Waals surface area contributed by atoms with Gasteiger partial charge in [-0.1, -0.05) is 6.42 Å². The summed E-state index contributed by atoms with van der Waals surface area (Å²) in [6.07, 6.45) is 5.29. The Labute approximate surface area is 90.5 Å². The first-order valence-corrected chi connectivity index (χ1v) is 5.59. The maximum atomic E-state index is 9.21. The van der Waals surface area contributed by atoms with Crippen molar-refractivity contribution in [3.63, 3.8) is 0 Å². The summed E-state index contributed by atoms with van der Waals surface area (Å²) < 4.78 is 0. The van der Waals surface area contributed by atoms with E-state index in [1.54, 1.807) is 0 Å². The van der Waals surface area contributed by atoms with Gasteiger partial charge in [0.2, 0.25) is 0 Å². The molecular formula is C12H18N2O. The Morgan fingerprint density at radius 2 is 2.40 bits per heavy atom. The van der Waals surface area contributed by atoms with E-state index in [0.717, 1.165) is 18.7 Å². The number of aryl methyl sites for hydroxylation is 1. The van der Waals surface area contributed by atoms with E-state index in [1.807, 2.05) is 18.3 Å². The van der Waals surface area contributed by atoms with Crippen LogP contribution in [0, 0.1) is 12.8 Å². The molecule has 1 saturated carbocycles. The summed E-state index contributed by atoms with van der Waals surface area (Å²) in [5.74, 6) is 1.33. The van der Waals surface area contributed by atoms with Crippen LogP contribution in [0.3, 0.4) is 0 Å². The molecule has 0 saturated heterocycles. The van der Waals surface area contributed by atoms with Gasteiger partial charge in [-0.05, 0) is 37.5 Å². The van der Waals surface area contributed by atoms with Crippen molar-refractivity contribution in [3.05, 3.63) is 23.9 Å². The Kier molecular flexibility index (Phi) is 3.21. The van der Waals surface area contributed by atoms with Crippen molar-refractivity contribution in [2.24, 2.45) is 5.92 Å². The molecule has 2 rings (SSSR count). The number of rotatable bonds is 3. The van der Waals surface area contributed by atoms with Crippen molar-refractivity contribution in [1.82, 2.24) is 4.98 Å². The van der Waals surface area contributed by atoms with Gasteiger partial charge in [-0.25, -0.2) is 4.98 Å². The van der Waals surface area contributed by atoms with E-state index in [4.69, 9.17) is 0 Å². The first-order chi connectivity index (χ1) is 7.29. The number of aromatic nitrogens is 1. The molecule has 0 aromatic carbocycles. The lowest BCUT2D eigenvalue weighted by Crippen LogP contribution is -2.26. The molecule has 2 atom stereocenters. The van der Waals surface area contributed by atoms with Crippen LogP contribution in [0.2, 0.25) is 0 Å². The lowest BCUT2D eigenvalue weighted by molar-refractivity contribution is 0.222. The summed E-state index contributed by atoms with van der Waals surface area (Å²) >= 11 is 0. The molecular weight excluding hydrogens is 188 g/mol. The average molecular weight is 206 g/mol. The number of nitrogens with zero attached hydrogens (tertiary/aromatic N) is 1. The molecule has 3 heteroatoms. The molecule has 0 amide bonds. The highest BCUT2D eigenvalue weighted by atomic mass is 16.3. The highest BCUT2D eigenvalue weighted by Crippen LogP contribution is 2.27. The summed E-state index contributed by atoms with van der Waals surface area (Å²) in [6, 6.07) is 4.43. The zero-order valence-electron chi connectivity index (χ0n) is 9.11. The Morgan fingerprint density at radius 1 is 1.53 bits per heavy atom. The van der Waals surface area contributed by atoms with E-state index in [-0.39, 0.29) is 6.61 Å². The van der Waals surface area contributed by atoms with Crippen LogP contribution in [0.25, 0.3) is 0 Å². The molecule has 0 bridgehead atoms. The van der Waals surface area contributed by atoms with Crippen LogP contribution in [0.15, 0.2) is 18.3 Å². The molecule has 1 aliphatic rings. The Hall–Kier alpha value is -1.09. The summed E-state index contributed by atoms with van der Waals surface area (Å²) in [7, 11) is 0. The number of aliphatic hydroxyl groups excluding tert-OH is 1. The van der Waals surface area contributed by atoms with Gasteiger partial charge in [0.1, 0.15) is 5.82 Å². The Morgan fingerprint density at radius 3 is 3.13 bits per heavy atom. The standard InChI is InChI=1S/C12H18N2O/c1-9-5-6-13-12(7-9)14-11-4-2-3-10(11)8-15/h5-7,10-11,15H,2-4,8H2,1H3,(H,13,14). The summed E-state index contributed by atoms with van der Waals surface area (Å²) in [5, 5.41) is 12.6. The van der Waals surface area contributed by atoms with Gasteiger partial charge >= 0.3 is 0 Å². The highest BCUT2D eigenvalue weighted by Gasteiger charge is 2.26. The van der Waals surface area contributed by atoms with Crippen molar-refractivity contribution in [1.29, 1.82) is 0 Å². The number of hydrogen-bond donors (Lipinski definition) is 2. The maximum Gasteiger partial charge on any atom is 0.126 e. The molecule has 15 heavy (non-hydrogen) atoms. The van der Waals surface area contributed by atoms with Crippen LogP contribution >= 0.6 is 0 Å². The van der Waals surface area contributed by atoms with E-state index >= 15 is 0 Å². The molecule has 0 aliphatic heterocycles. The predicted molar refractivity (Wildman–Crippen MR) is 60.8 cm³/mol. The van der Waals surface area contributed by atoms with Gasteiger partial charge in [-0.3, -0.25) is 0 Å². The molecule has 1 aromatic heterocycles. The number of anilines is 1. The molecule has 1 heterocycles. The third-order valence-electron chi connectivity index (χ3n) is 3.14. The number of aliphatic hydroxyl groups is 1. The summed E-state index contributed by atoms with van der Waals surface area (Å²) in [6.45, 7) is 2.34. The quantitative estimate of drug-likeness (QED) is 0.794. The van der Waals surface area contributed by atoms with Crippen molar-refractivity contribution in [2.45, 2.75) is 32.2 Å². The van der Waals surface area contributed by atoms with Crippen molar-refractivity contribution in [2.75, 3.05) is 11.9 Å². The second-order valence-electron chi connectivity index (χ2n) is 4.34. The van der Waals surface area contributed by atoms with Crippen molar-refractivity contribution < 1.29 is 5.11 Å². The summed E-state index contributed by atoms with van der Waals surface area (Å²) in [4.78, 5) is 4.28. The maximum absolute atomic E-state index is 9.21. The zero-order chi connectivity index (χ0) is 10.7. The molecule has 1 aliphatic carbocycles. The van der Waals surface area contributed by atoms with Crippen molar-refractivity contribution in [3.8, 4) is 0 Å². The first kappa shape index (κ1) is 10.4. The largest absolute Gasteiger partial charge is 0.396 e. The van der Waals surface area contributed by atoms with Gasteiger partial charge in [0.05, 0.1) is 0 Å². The second kappa shape index (κ2) is 4.62. The highest BCUT2D eigenvalue weighted by molar-refractivity contribution is 5.38. The van der Waals surface area contributed by atoms with E-state index in [0.29, 0.717) is 12.0 Å². The Balaban J connectivity index is 2.02. The number of nitrogens with one attached hydrogen (secondary N) is 1. The topological polar surface area (TPSA) is 45.2 Å². The smallest absolute Gasteiger partial charge is 0.126 e. The molecule has 82 valence electrons. The van der Waals surface area contributed by atoms with Gasteiger partial charge in [0.25, 0.3) is 0 Å². The number of pyridine rings is 1. The van der Waals surface area contributed by atoms with E-state index in [1.165, 1.54) is 12.0 Å². The third kappa shape index (κ3) is 2.48. The number of hydrogen-bond acceptors (Lipinski definition) is 3. The third-order valence-corrected chi connectivity index (χ3v) is 3.14. The zero-order valence-corrected chi connectivity index (χ0v) is 9.11. The first-order valence-electron chi connectivity index (χ1n) is 5.59. The Bertz CT molecular complexity index is 327. The molecule has 0 spiro atoms. The molecule has 1 fully saturated rings. The van der Waals surface area contributed by atoms with Gasteiger partial charge < -0.3 is 10.4 Å². The van der Waals surface area contributed by atoms with Crippen molar-refractivity contribution >= 4 is 5.82 Å². The minimum atomic E-state index is 0.281. The fourth-order valence-corrected chi connectivity index (χ4v) is 2.25. The average Bonchev–Trinajstić information content (AvgIpc) is 2.65. The molecule has 2 N–H and O–H groups in total. The van der Waals surface area contributed by atoms with Crippen LogP contribution in [-0.4, -0.2) is 22.7 Å². The van der Waals surface area contributed by atoms with Crippen LogP contribution in [0.4, 0.5) is 5.82 Å². The van der Waals surface area contributed by atoms with Gasteiger partial charge in [-0.15, -0.1) is 0 Å². The van der Waals surface area contributed by atoms with Crippen LogP contribution in [0.1, 0.15) is 24.8 Å². The van der Waals surface area contributed by atoms with E-state index in [9.17, 15) is 5.11 Å². The normalized spacial score (nSPS) is 25.5. The van der Waals surface area contributed by atoms with Crippen LogP contribution < -0.4 is 5.32 Å². The minimum Gasteiger partial charge on any atom is -0.396 e. The van der Waals surface area contributed by atoms with Crippen LogP contribution in [0.5, 0.6) is 0 Å². The lowest BCUT2D eigenvalue weighted by Gasteiger charge is -2.19. The second-order valence-corrected chi connectivity index (χ2v) is 4.34. The monoisotopic (exact) mass is 206 g/mol. The molecule has 0 radical (unpaired) electrons. The molecule has 2 unspecified atom stereocenters. The fraction of sp³-hybridized carbons (Fsp3) is 0.583. The molecule has 3 nitrogen and oxygen atoms in total. The summed E-state index contributed by atoms with van der Waals surface area (Å²) in [5.41, 5.74) is 1.21.